The fraction of sp³-hybridized carbons (Fsp3) is 0.346. The van der Waals surface area contributed by atoms with Crippen molar-refractivity contribution in [1.82, 2.24) is 19.9 Å². The summed E-state index contributed by atoms with van der Waals surface area (Å²) >= 11 is 1.44. The van der Waals surface area contributed by atoms with Gasteiger partial charge in [0.1, 0.15) is 16.6 Å². The number of hydrogen-bond donors (Lipinski definition) is 2. The highest BCUT2D eigenvalue weighted by atomic mass is 32.1. The molecule has 4 rings (SSSR count). The molecular weight excluding hydrogens is 462 g/mol. The molecule has 4 aromatic rings. The maximum absolute atomic E-state index is 9.36. The predicted molar refractivity (Wildman–Crippen MR) is 141 cm³/mol. The van der Waals surface area contributed by atoms with E-state index in [1.165, 1.54) is 11.3 Å². The summed E-state index contributed by atoms with van der Waals surface area (Å²) in [6.07, 6.45) is 0.00661. The quantitative estimate of drug-likeness (QED) is 0.310. The maximum atomic E-state index is 9.36. The molecule has 0 aliphatic heterocycles. The summed E-state index contributed by atoms with van der Waals surface area (Å²) in [7, 11) is 3.98. The van der Waals surface area contributed by atoms with Gasteiger partial charge in [0.25, 0.3) is 0 Å². The molecule has 8 nitrogen and oxygen atoms in total. The van der Waals surface area contributed by atoms with Crippen LogP contribution in [0.3, 0.4) is 0 Å². The molecule has 0 saturated carbocycles. The van der Waals surface area contributed by atoms with Crippen molar-refractivity contribution in [1.29, 1.82) is 0 Å². The lowest BCUT2D eigenvalue weighted by atomic mass is 10.1. The van der Waals surface area contributed by atoms with Crippen LogP contribution < -0.4 is 14.8 Å². The highest BCUT2D eigenvalue weighted by Crippen LogP contribution is 2.36. The first kappa shape index (κ1) is 24.8. The van der Waals surface area contributed by atoms with Crippen LogP contribution in [0.25, 0.3) is 22.2 Å². The molecule has 0 aliphatic rings. The number of anilines is 2. The standard InChI is InChI=1S/C26H31N5O3S/c1-6-33-22-11-19-20(12-23(22)34-16(2)3)28-24(13-31(4)5)30-26(19)27-18-9-7-8-17(10-18)21-15-35-25(14-32)29-21/h7-12,15-16,32H,6,13-14H2,1-5H3,(H,27,28,30). The van der Waals surface area contributed by atoms with Gasteiger partial charge in [0.2, 0.25) is 0 Å². The molecule has 0 saturated heterocycles. The first-order chi connectivity index (χ1) is 16.9. The van der Waals surface area contributed by atoms with E-state index in [-0.39, 0.29) is 12.7 Å². The van der Waals surface area contributed by atoms with Crippen LogP contribution in [0.1, 0.15) is 31.6 Å². The van der Waals surface area contributed by atoms with Crippen molar-refractivity contribution in [2.45, 2.75) is 40.0 Å². The van der Waals surface area contributed by atoms with Gasteiger partial charge in [-0.05, 0) is 53.1 Å². The topological polar surface area (TPSA) is 92.6 Å². The van der Waals surface area contributed by atoms with Crippen LogP contribution >= 0.6 is 11.3 Å². The van der Waals surface area contributed by atoms with Crippen LogP contribution in [-0.2, 0) is 13.2 Å². The van der Waals surface area contributed by atoms with Gasteiger partial charge in [-0.25, -0.2) is 15.0 Å². The molecule has 2 aromatic carbocycles. The lowest BCUT2D eigenvalue weighted by molar-refractivity contribution is 0.224. The highest BCUT2D eigenvalue weighted by molar-refractivity contribution is 7.09. The van der Waals surface area contributed by atoms with Crippen LogP contribution in [0, 0.1) is 0 Å². The third kappa shape index (κ3) is 6.05. The largest absolute Gasteiger partial charge is 0.490 e. The third-order valence-corrected chi connectivity index (χ3v) is 5.87. The zero-order chi connectivity index (χ0) is 24.9. The van der Waals surface area contributed by atoms with Crippen molar-refractivity contribution in [3.63, 3.8) is 0 Å². The van der Waals surface area contributed by atoms with Gasteiger partial charge in [-0.3, -0.25) is 0 Å². The summed E-state index contributed by atoms with van der Waals surface area (Å²) in [6, 6.07) is 11.8. The molecule has 2 heterocycles. The van der Waals surface area contributed by atoms with Gasteiger partial charge >= 0.3 is 0 Å². The number of thiazole rings is 1. The number of aromatic nitrogens is 3. The first-order valence-electron chi connectivity index (χ1n) is 11.6. The molecule has 0 amide bonds. The summed E-state index contributed by atoms with van der Waals surface area (Å²) in [4.78, 5) is 16.2. The number of rotatable bonds is 10. The van der Waals surface area contributed by atoms with E-state index < -0.39 is 0 Å². The molecule has 0 radical (unpaired) electrons. The Morgan fingerprint density at radius 1 is 1.09 bits per heavy atom. The number of benzene rings is 2. The Hall–Kier alpha value is -3.27. The zero-order valence-electron chi connectivity index (χ0n) is 20.7. The average molecular weight is 494 g/mol. The molecule has 0 bridgehead atoms. The lowest BCUT2D eigenvalue weighted by Gasteiger charge is -2.18. The van der Waals surface area contributed by atoms with Crippen LogP contribution in [0.5, 0.6) is 11.5 Å². The molecule has 184 valence electrons. The van der Waals surface area contributed by atoms with Crippen molar-refractivity contribution < 1.29 is 14.6 Å². The molecule has 2 N–H and O–H groups in total. The van der Waals surface area contributed by atoms with E-state index in [0.29, 0.717) is 41.3 Å². The third-order valence-electron chi connectivity index (χ3n) is 5.04. The van der Waals surface area contributed by atoms with Gasteiger partial charge in [-0.15, -0.1) is 11.3 Å². The Morgan fingerprint density at radius 3 is 2.60 bits per heavy atom. The Bertz CT molecular complexity index is 1310. The summed E-state index contributed by atoms with van der Waals surface area (Å²) in [5.41, 5.74) is 3.44. The van der Waals surface area contributed by atoms with Crippen LogP contribution in [0.4, 0.5) is 11.5 Å². The van der Waals surface area contributed by atoms with E-state index in [4.69, 9.17) is 19.4 Å². The summed E-state index contributed by atoms with van der Waals surface area (Å²) in [5, 5.41) is 16.3. The number of fused-ring (bicyclic) bond motifs is 1. The van der Waals surface area contributed by atoms with Crippen molar-refractivity contribution in [2.24, 2.45) is 0 Å². The van der Waals surface area contributed by atoms with Crippen molar-refractivity contribution in [2.75, 3.05) is 26.0 Å². The average Bonchev–Trinajstić information content (AvgIpc) is 3.29. The number of ether oxygens (including phenoxy) is 2. The van der Waals surface area contributed by atoms with E-state index in [9.17, 15) is 5.11 Å². The zero-order valence-corrected chi connectivity index (χ0v) is 21.5. The molecule has 0 fully saturated rings. The van der Waals surface area contributed by atoms with Gasteiger partial charge in [0.15, 0.2) is 11.5 Å². The van der Waals surface area contributed by atoms with Crippen LogP contribution in [0.2, 0.25) is 0 Å². The first-order valence-corrected chi connectivity index (χ1v) is 12.5. The molecule has 2 aromatic heterocycles. The monoisotopic (exact) mass is 493 g/mol. The van der Waals surface area contributed by atoms with Gasteiger partial charge < -0.3 is 24.8 Å². The van der Waals surface area contributed by atoms with Crippen molar-refractivity contribution in [3.8, 4) is 22.8 Å². The second-order valence-corrected chi connectivity index (χ2v) is 9.57. The fourth-order valence-corrected chi connectivity index (χ4v) is 4.32. The van der Waals surface area contributed by atoms with E-state index in [2.05, 4.69) is 10.3 Å². The second-order valence-electron chi connectivity index (χ2n) is 8.63. The van der Waals surface area contributed by atoms with E-state index in [1.807, 2.05) is 81.5 Å². The normalized spacial score (nSPS) is 11.4. The number of aliphatic hydroxyl groups excluding tert-OH is 1. The predicted octanol–water partition coefficient (Wildman–Crippen LogP) is 5.24. The minimum atomic E-state index is -0.0607. The van der Waals surface area contributed by atoms with Gasteiger partial charge in [-0.2, -0.15) is 0 Å². The van der Waals surface area contributed by atoms with Crippen LogP contribution in [-0.4, -0.2) is 51.8 Å². The van der Waals surface area contributed by atoms with Crippen molar-refractivity contribution in [3.05, 3.63) is 52.6 Å². The number of nitrogens with one attached hydrogen (secondary N) is 1. The summed E-state index contributed by atoms with van der Waals surface area (Å²) in [6.45, 7) is 6.99. The van der Waals surface area contributed by atoms with Crippen molar-refractivity contribution >= 4 is 33.7 Å². The molecule has 0 spiro atoms. The minimum absolute atomic E-state index is 0.00661. The highest BCUT2D eigenvalue weighted by Gasteiger charge is 2.16. The molecule has 35 heavy (non-hydrogen) atoms. The number of nitrogens with zero attached hydrogens (tertiary/aromatic N) is 4. The number of aliphatic hydroxyl groups is 1. The van der Waals surface area contributed by atoms with Gasteiger partial charge in [-0.1, -0.05) is 12.1 Å². The van der Waals surface area contributed by atoms with Gasteiger partial charge in [0, 0.05) is 28.1 Å². The molecule has 0 unspecified atom stereocenters. The van der Waals surface area contributed by atoms with Gasteiger partial charge in [0.05, 0.1) is 37.1 Å². The van der Waals surface area contributed by atoms with E-state index >= 15 is 0 Å². The second kappa shape index (κ2) is 11.0. The smallest absolute Gasteiger partial charge is 0.163 e. The molecule has 9 heteroatoms. The fourth-order valence-electron chi connectivity index (χ4n) is 3.66. The Kier molecular flexibility index (Phi) is 7.80. The summed E-state index contributed by atoms with van der Waals surface area (Å²) < 4.78 is 11.9. The molecule has 0 atom stereocenters. The van der Waals surface area contributed by atoms with E-state index in [1.54, 1.807) is 0 Å². The molecule has 0 aliphatic carbocycles. The van der Waals surface area contributed by atoms with E-state index in [0.717, 1.165) is 27.8 Å². The minimum Gasteiger partial charge on any atom is -0.490 e. The Balaban J connectivity index is 1.79. The Labute approximate surface area is 209 Å². The lowest BCUT2D eigenvalue weighted by Crippen LogP contribution is -2.14. The number of hydrogen-bond acceptors (Lipinski definition) is 9. The SMILES string of the molecule is CCOc1cc2c(Nc3cccc(-c4csc(CO)n4)c3)nc(CN(C)C)nc2cc1OC(C)C. The van der Waals surface area contributed by atoms with Crippen LogP contribution in [0.15, 0.2) is 41.8 Å². The maximum Gasteiger partial charge on any atom is 0.163 e. The molecular formula is C26H31N5O3S. The summed E-state index contributed by atoms with van der Waals surface area (Å²) in [5.74, 6) is 2.72. The Morgan fingerprint density at radius 2 is 1.91 bits per heavy atom.